The van der Waals surface area contributed by atoms with Crippen LogP contribution >= 0.6 is 35.7 Å². The number of aryl methyl sites for hydroxylation is 1. The van der Waals surface area contributed by atoms with Gasteiger partial charge < -0.3 is 20.1 Å². The van der Waals surface area contributed by atoms with Gasteiger partial charge >= 0.3 is 0 Å². The largest absolute Gasteiger partial charge is 0.488 e. The topological polar surface area (TPSA) is 54.9 Å². The Morgan fingerprint density at radius 3 is 2.92 bits per heavy atom. The molecule has 136 valence electrons. The summed E-state index contributed by atoms with van der Waals surface area (Å²) in [5.41, 5.74) is 2.33. The van der Waals surface area contributed by atoms with Gasteiger partial charge in [-0.05, 0) is 24.8 Å². The molecule has 0 aromatic heterocycles. The number of thioether (sulfide) groups is 1. The smallest absolute Gasteiger partial charge is 0.191 e. The van der Waals surface area contributed by atoms with E-state index in [-0.39, 0.29) is 30.1 Å². The Bertz CT molecular complexity index is 523. The fraction of sp³-hybridized carbons (Fsp3) is 0.588. The molecule has 2 rings (SSSR count). The van der Waals surface area contributed by atoms with Gasteiger partial charge in [-0.25, -0.2) is 0 Å². The predicted octanol–water partition coefficient (Wildman–Crippen LogP) is 2.81. The van der Waals surface area contributed by atoms with Gasteiger partial charge in [-0.1, -0.05) is 12.1 Å². The van der Waals surface area contributed by atoms with Gasteiger partial charge in [-0.2, -0.15) is 11.8 Å². The van der Waals surface area contributed by atoms with E-state index >= 15 is 0 Å². The SMILES string of the molecule is CN=C(NCCSC)NCc1ccc(C)cc1OC1CCOC1.I. The first kappa shape index (κ1) is 21.4. The average Bonchev–Trinajstić information content (AvgIpc) is 3.05. The molecule has 0 amide bonds. The van der Waals surface area contributed by atoms with E-state index in [0.29, 0.717) is 13.2 Å². The lowest BCUT2D eigenvalue weighted by Crippen LogP contribution is -2.38. The molecule has 1 fully saturated rings. The van der Waals surface area contributed by atoms with Crippen LogP contribution in [0.1, 0.15) is 17.5 Å². The van der Waals surface area contributed by atoms with Crippen molar-refractivity contribution in [2.75, 3.05) is 38.8 Å². The summed E-state index contributed by atoms with van der Waals surface area (Å²) in [7, 11) is 1.79. The van der Waals surface area contributed by atoms with Crippen molar-refractivity contribution in [2.24, 2.45) is 4.99 Å². The molecule has 1 aliphatic rings. The molecule has 1 atom stereocenters. The molecule has 0 spiro atoms. The molecule has 1 aliphatic heterocycles. The Balaban J connectivity index is 0.00000288. The van der Waals surface area contributed by atoms with Crippen molar-refractivity contribution in [3.05, 3.63) is 29.3 Å². The molecule has 0 radical (unpaired) electrons. The van der Waals surface area contributed by atoms with Crippen molar-refractivity contribution in [2.45, 2.75) is 26.0 Å². The van der Waals surface area contributed by atoms with Crippen molar-refractivity contribution in [1.29, 1.82) is 0 Å². The Hall–Kier alpha value is -0.670. The molecule has 0 aliphatic carbocycles. The number of guanidine groups is 1. The highest BCUT2D eigenvalue weighted by Crippen LogP contribution is 2.23. The predicted molar refractivity (Wildman–Crippen MR) is 113 cm³/mol. The van der Waals surface area contributed by atoms with Crippen molar-refractivity contribution >= 4 is 41.7 Å². The zero-order valence-electron chi connectivity index (χ0n) is 14.6. The van der Waals surface area contributed by atoms with Crippen LogP contribution in [-0.4, -0.2) is 50.9 Å². The average molecular weight is 465 g/mol. The molecular formula is C17H28IN3O2S. The molecular weight excluding hydrogens is 437 g/mol. The lowest BCUT2D eigenvalue weighted by molar-refractivity contribution is 0.140. The summed E-state index contributed by atoms with van der Waals surface area (Å²) >= 11 is 1.81. The second-order valence-corrected chi connectivity index (χ2v) is 6.55. The van der Waals surface area contributed by atoms with Gasteiger partial charge in [0.15, 0.2) is 5.96 Å². The Morgan fingerprint density at radius 1 is 1.42 bits per heavy atom. The summed E-state index contributed by atoms with van der Waals surface area (Å²) in [6, 6.07) is 6.32. The molecule has 0 bridgehead atoms. The summed E-state index contributed by atoms with van der Waals surface area (Å²) in [5.74, 6) is 2.81. The number of ether oxygens (including phenoxy) is 2. The van der Waals surface area contributed by atoms with Gasteiger partial charge in [0, 0.05) is 37.9 Å². The minimum Gasteiger partial charge on any atom is -0.488 e. The van der Waals surface area contributed by atoms with Gasteiger partial charge in [0.05, 0.1) is 13.2 Å². The number of nitrogens with one attached hydrogen (secondary N) is 2. The first-order chi connectivity index (χ1) is 11.2. The minimum absolute atomic E-state index is 0. The second-order valence-electron chi connectivity index (χ2n) is 5.56. The highest BCUT2D eigenvalue weighted by molar-refractivity contribution is 14.0. The van der Waals surface area contributed by atoms with E-state index in [1.54, 1.807) is 7.05 Å². The Labute approximate surface area is 166 Å². The maximum absolute atomic E-state index is 6.12. The summed E-state index contributed by atoms with van der Waals surface area (Å²) < 4.78 is 11.5. The van der Waals surface area contributed by atoms with Crippen LogP contribution in [0.25, 0.3) is 0 Å². The third-order valence-corrected chi connectivity index (χ3v) is 4.29. The number of hydrogen-bond donors (Lipinski definition) is 2. The maximum Gasteiger partial charge on any atom is 0.191 e. The van der Waals surface area contributed by atoms with Crippen molar-refractivity contribution in [3.8, 4) is 5.75 Å². The monoisotopic (exact) mass is 465 g/mol. The molecule has 1 heterocycles. The van der Waals surface area contributed by atoms with Gasteiger partial charge in [0.2, 0.25) is 0 Å². The van der Waals surface area contributed by atoms with E-state index in [1.165, 1.54) is 5.56 Å². The maximum atomic E-state index is 6.12. The van der Waals surface area contributed by atoms with Crippen LogP contribution in [0.3, 0.4) is 0 Å². The molecule has 0 saturated carbocycles. The van der Waals surface area contributed by atoms with Crippen LogP contribution in [-0.2, 0) is 11.3 Å². The van der Waals surface area contributed by atoms with E-state index in [9.17, 15) is 0 Å². The number of nitrogens with zero attached hydrogens (tertiary/aromatic N) is 1. The first-order valence-electron chi connectivity index (χ1n) is 8.00. The highest BCUT2D eigenvalue weighted by atomic mass is 127. The van der Waals surface area contributed by atoms with Crippen LogP contribution in [0.15, 0.2) is 23.2 Å². The summed E-state index contributed by atoms with van der Waals surface area (Å²) in [6.07, 6.45) is 3.22. The molecule has 7 heteroatoms. The van der Waals surface area contributed by atoms with Gasteiger partial charge in [-0.15, -0.1) is 24.0 Å². The molecule has 5 nitrogen and oxygen atoms in total. The van der Waals surface area contributed by atoms with Crippen LogP contribution in [0.2, 0.25) is 0 Å². The van der Waals surface area contributed by atoms with E-state index in [2.05, 4.69) is 47.0 Å². The number of halogens is 1. The fourth-order valence-electron chi connectivity index (χ4n) is 2.37. The van der Waals surface area contributed by atoms with Crippen LogP contribution in [0.5, 0.6) is 5.75 Å². The number of benzene rings is 1. The van der Waals surface area contributed by atoms with Gasteiger partial charge in [0.25, 0.3) is 0 Å². The lowest BCUT2D eigenvalue weighted by Gasteiger charge is -2.18. The second kappa shape index (κ2) is 11.8. The third-order valence-electron chi connectivity index (χ3n) is 3.67. The minimum atomic E-state index is 0. The zero-order valence-corrected chi connectivity index (χ0v) is 17.8. The number of aliphatic imine (C=N–C) groups is 1. The molecule has 1 aromatic rings. The number of rotatable bonds is 7. The Kier molecular flexibility index (Phi) is 10.5. The summed E-state index contributed by atoms with van der Waals surface area (Å²) in [6.45, 7) is 5.13. The van der Waals surface area contributed by atoms with E-state index in [0.717, 1.165) is 42.6 Å². The molecule has 1 saturated heterocycles. The quantitative estimate of drug-likeness (QED) is 0.281. The standard InChI is InChI=1S/C17H27N3O2S.HI/c1-13-4-5-14(11-20-17(18-2)19-7-9-23-3)16(10-13)22-15-6-8-21-12-15;/h4-5,10,15H,6-9,11-12H2,1-3H3,(H2,18,19,20);1H. The van der Waals surface area contributed by atoms with Gasteiger partial charge in [-0.3, -0.25) is 4.99 Å². The third kappa shape index (κ3) is 7.06. The van der Waals surface area contributed by atoms with E-state index in [4.69, 9.17) is 9.47 Å². The molecule has 24 heavy (non-hydrogen) atoms. The van der Waals surface area contributed by atoms with Crippen LogP contribution in [0, 0.1) is 6.92 Å². The Morgan fingerprint density at radius 2 is 2.25 bits per heavy atom. The summed E-state index contributed by atoms with van der Waals surface area (Å²) in [5, 5.41) is 6.65. The molecule has 1 aromatic carbocycles. The van der Waals surface area contributed by atoms with Crippen molar-refractivity contribution in [1.82, 2.24) is 10.6 Å². The normalized spacial score (nSPS) is 17.3. The van der Waals surface area contributed by atoms with Crippen LogP contribution < -0.4 is 15.4 Å². The van der Waals surface area contributed by atoms with Crippen LogP contribution in [0.4, 0.5) is 0 Å². The van der Waals surface area contributed by atoms with E-state index in [1.807, 2.05) is 11.8 Å². The van der Waals surface area contributed by atoms with E-state index < -0.39 is 0 Å². The van der Waals surface area contributed by atoms with Gasteiger partial charge in [0.1, 0.15) is 11.9 Å². The first-order valence-corrected chi connectivity index (χ1v) is 9.39. The summed E-state index contributed by atoms with van der Waals surface area (Å²) in [4.78, 5) is 4.25. The highest BCUT2D eigenvalue weighted by Gasteiger charge is 2.18. The molecule has 2 N–H and O–H groups in total. The van der Waals surface area contributed by atoms with Crippen molar-refractivity contribution < 1.29 is 9.47 Å². The van der Waals surface area contributed by atoms with Crippen molar-refractivity contribution in [3.63, 3.8) is 0 Å². The zero-order chi connectivity index (χ0) is 16.5. The number of hydrogen-bond acceptors (Lipinski definition) is 4. The molecule has 1 unspecified atom stereocenters. The fourth-order valence-corrected chi connectivity index (χ4v) is 2.68. The lowest BCUT2D eigenvalue weighted by atomic mass is 10.1.